The second-order valence-electron chi connectivity index (χ2n) is 7.99. The number of H-pyrrole nitrogens is 1. The molecule has 0 fully saturated rings. The molecular weight excluding hydrogens is 472 g/mol. The van der Waals surface area contributed by atoms with Gasteiger partial charge in [-0.3, -0.25) is 5.10 Å². The zero-order chi connectivity index (χ0) is 24.5. The number of rotatable bonds is 6. The SMILES string of the molecule is COc1cc(OC)cc(-c2cnc(-c3cc(-c4ccc(-c5nc6ncccc6s5)cc4)n[nH]3)nc2)c1. The molecule has 0 amide bonds. The summed E-state index contributed by atoms with van der Waals surface area (Å²) in [5.74, 6) is 1.97. The van der Waals surface area contributed by atoms with Crippen LogP contribution in [0.1, 0.15) is 0 Å². The molecular formula is C27H20N6O2S. The molecule has 176 valence electrons. The molecule has 0 aliphatic rings. The van der Waals surface area contributed by atoms with E-state index in [1.165, 1.54) is 0 Å². The molecule has 4 heterocycles. The first-order valence-corrected chi connectivity index (χ1v) is 12.0. The quantitative estimate of drug-likeness (QED) is 0.309. The number of aromatic amines is 1. The second-order valence-corrected chi connectivity index (χ2v) is 9.02. The van der Waals surface area contributed by atoms with E-state index in [2.05, 4.69) is 42.3 Å². The fourth-order valence-corrected chi connectivity index (χ4v) is 4.78. The van der Waals surface area contributed by atoms with Gasteiger partial charge in [-0.25, -0.2) is 19.9 Å². The highest BCUT2D eigenvalue weighted by atomic mass is 32.1. The van der Waals surface area contributed by atoms with Crippen LogP contribution in [0.2, 0.25) is 0 Å². The number of hydrogen-bond acceptors (Lipinski definition) is 8. The molecule has 0 saturated heterocycles. The fourth-order valence-electron chi connectivity index (χ4n) is 3.85. The molecule has 6 rings (SSSR count). The molecule has 9 heteroatoms. The van der Waals surface area contributed by atoms with Crippen molar-refractivity contribution in [1.82, 2.24) is 30.1 Å². The zero-order valence-corrected chi connectivity index (χ0v) is 20.3. The van der Waals surface area contributed by atoms with Crippen LogP contribution in [0.4, 0.5) is 0 Å². The second kappa shape index (κ2) is 9.20. The van der Waals surface area contributed by atoms with Crippen LogP contribution in [0, 0.1) is 0 Å². The maximum Gasteiger partial charge on any atom is 0.177 e. The van der Waals surface area contributed by atoms with Gasteiger partial charge in [0, 0.05) is 41.3 Å². The predicted octanol–water partition coefficient (Wildman–Crippen LogP) is 5.89. The maximum absolute atomic E-state index is 5.36. The first-order chi connectivity index (χ1) is 17.7. The Kier molecular flexibility index (Phi) is 5.59. The minimum Gasteiger partial charge on any atom is -0.497 e. The van der Waals surface area contributed by atoms with Crippen LogP contribution >= 0.6 is 11.3 Å². The monoisotopic (exact) mass is 492 g/mol. The van der Waals surface area contributed by atoms with Crippen LogP contribution in [0.25, 0.3) is 54.8 Å². The van der Waals surface area contributed by atoms with Crippen LogP contribution in [0.5, 0.6) is 11.5 Å². The van der Waals surface area contributed by atoms with E-state index < -0.39 is 0 Å². The van der Waals surface area contributed by atoms with Crippen molar-refractivity contribution >= 4 is 21.7 Å². The minimum atomic E-state index is 0.561. The van der Waals surface area contributed by atoms with Gasteiger partial charge in [-0.15, -0.1) is 11.3 Å². The van der Waals surface area contributed by atoms with E-state index >= 15 is 0 Å². The summed E-state index contributed by atoms with van der Waals surface area (Å²) in [5.41, 5.74) is 6.12. The van der Waals surface area contributed by atoms with Crippen molar-refractivity contribution in [3.8, 4) is 56.0 Å². The summed E-state index contributed by atoms with van der Waals surface area (Å²) in [4.78, 5) is 18.0. The zero-order valence-electron chi connectivity index (χ0n) is 19.5. The average Bonchev–Trinajstić information content (AvgIpc) is 3.61. The van der Waals surface area contributed by atoms with Gasteiger partial charge in [-0.1, -0.05) is 24.3 Å². The van der Waals surface area contributed by atoms with E-state index in [9.17, 15) is 0 Å². The van der Waals surface area contributed by atoms with Gasteiger partial charge in [0.05, 0.1) is 24.6 Å². The van der Waals surface area contributed by atoms with Gasteiger partial charge in [0.15, 0.2) is 11.5 Å². The van der Waals surface area contributed by atoms with E-state index in [1.807, 2.05) is 48.5 Å². The molecule has 2 aromatic carbocycles. The van der Waals surface area contributed by atoms with Gasteiger partial charge in [0.25, 0.3) is 0 Å². The molecule has 6 aromatic rings. The highest BCUT2D eigenvalue weighted by Crippen LogP contribution is 2.32. The standard InChI is InChI=1S/C27H20N6O2S/c1-34-20-10-18(11-21(12-20)35-2)19-14-29-25(30-15-19)23-13-22(32-33-23)16-5-7-17(8-6-16)27-31-26-24(36-27)4-3-9-28-26/h3-15H,1-2H3,(H,32,33). The van der Waals surface area contributed by atoms with Crippen molar-refractivity contribution in [1.29, 1.82) is 0 Å². The Morgan fingerprint density at radius 2 is 1.47 bits per heavy atom. The maximum atomic E-state index is 5.36. The highest BCUT2D eigenvalue weighted by molar-refractivity contribution is 7.21. The highest BCUT2D eigenvalue weighted by Gasteiger charge is 2.12. The van der Waals surface area contributed by atoms with Gasteiger partial charge >= 0.3 is 0 Å². The Bertz CT molecular complexity index is 1600. The molecule has 4 aromatic heterocycles. The Hall–Kier alpha value is -4.63. The first-order valence-electron chi connectivity index (χ1n) is 11.1. The third-order valence-corrected chi connectivity index (χ3v) is 6.81. The minimum absolute atomic E-state index is 0.561. The van der Waals surface area contributed by atoms with E-state index in [1.54, 1.807) is 44.1 Å². The van der Waals surface area contributed by atoms with Crippen molar-refractivity contribution in [3.63, 3.8) is 0 Å². The predicted molar refractivity (Wildman–Crippen MR) is 140 cm³/mol. The molecule has 0 unspecified atom stereocenters. The molecule has 0 atom stereocenters. The summed E-state index contributed by atoms with van der Waals surface area (Å²) in [7, 11) is 3.25. The van der Waals surface area contributed by atoms with Crippen LogP contribution in [-0.2, 0) is 0 Å². The fraction of sp³-hybridized carbons (Fsp3) is 0.0741. The number of nitrogens with one attached hydrogen (secondary N) is 1. The molecule has 8 nitrogen and oxygen atoms in total. The molecule has 0 radical (unpaired) electrons. The number of fused-ring (bicyclic) bond motifs is 1. The Labute approximate surface area is 210 Å². The van der Waals surface area contributed by atoms with E-state index in [4.69, 9.17) is 9.47 Å². The van der Waals surface area contributed by atoms with Crippen molar-refractivity contribution in [3.05, 3.63) is 79.3 Å². The number of pyridine rings is 1. The Morgan fingerprint density at radius 1 is 0.750 bits per heavy atom. The Morgan fingerprint density at radius 3 is 2.17 bits per heavy atom. The summed E-state index contributed by atoms with van der Waals surface area (Å²) in [6.07, 6.45) is 5.31. The van der Waals surface area contributed by atoms with Crippen LogP contribution in [-0.4, -0.2) is 44.4 Å². The van der Waals surface area contributed by atoms with E-state index in [0.717, 1.165) is 49.0 Å². The van der Waals surface area contributed by atoms with E-state index in [-0.39, 0.29) is 0 Å². The summed E-state index contributed by atoms with van der Waals surface area (Å²) in [5, 5.41) is 8.46. The van der Waals surface area contributed by atoms with Gasteiger partial charge in [0.2, 0.25) is 0 Å². The molecule has 0 saturated carbocycles. The van der Waals surface area contributed by atoms with Gasteiger partial charge < -0.3 is 9.47 Å². The normalized spacial score (nSPS) is 11.1. The first kappa shape index (κ1) is 21.9. The van der Waals surface area contributed by atoms with Gasteiger partial charge in [-0.2, -0.15) is 5.10 Å². The number of methoxy groups -OCH3 is 2. The van der Waals surface area contributed by atoms with Gasteiger partial charge in [-0.05, 0) is 35.9 Å². The van der Waals surface area contributed by atoms with Crippen LogP contribution in [0.3, 0.4) is 0 Å². The Balaban J connectivity index is 1.23. The number of nitrogens with zero attached hydrogens (tertiary/aromatic N) is 5. The average molecular weight is 493 g/mol. The third-order valence-electron chi connectivity index (χ3n) is 5.75. The van der Waals surface area contributed by atoms with Crippen molar-refractivity contribution in [2.24, 2.45) is 0 Å². The van der Waals surface area contributed by atoms with Gasteiger partial charge in [0.1, 0.15) is 22.2 Å². The summed E-state index contributed by atoms with van der Waals surface area (Å²) in [6.45, 7) is 0. The summed E-state index contributed by atoms with van der Waals surface area (Å²) in [6, 6.07) is 19.7. The van der Waals surface area contributed by atoms with Crippen molar-refractivity contribution in [2.75, 3.05) is 14.2 Å². The molecule has 0 aliphatic heterocycles. The lowest BCUT2D eigenvalue weighted by Gasteiger charge is -2.08. The molecule has 0 aliphatic carbocycles. The third kappa shape index (κ3) is 4.16. The largest absolute Gasteiger partial charge is 0.497 e. The van der Waals surface area contributed by atoms with Crippen molar-refractivity contribution in [2.45, 2.75) is 0 Å². The number of ether oxygens (including phenoxy) is 2. The van der Waals surface area contributed by atoms with Crippen LogP contribution < -0.4 is 9.47 Å². The lowest BCUT2D eigenvalue weighted by Crippen LogP contribution is -1.92. The molecule has 36 heavy (non-hydrogen) atoms. The number of aromatic nitrogens is 6. The topological polar surface area (TPSA) is 98.7 Å². The number of hydrogen-bond donors (Lipinski definition) is 1. The number of thiazole rings is 1. The lowest BCUT2D eigenvalue weighted by molar-refractivity contribution is 0.394. The summed E-state index contributed by atoms with van der Waals surface area (Å²) < 4.78 is 11.8. The summed E-state index contributed by atoms with van der Waals surface area (Å²) >= 11 is 1.63. The van der Waals surface area contributed by atoms with Crippen molar-refractivity contribution < 1.29 is 9.47 Å². The molecule has 0 bridgehead atoms. The molecule has 1 N–H and O–H groups in total. The smallest absolute Gasteiger partial charge is 0.177 e. The number of benzene rings is 2. The molecule has 0 spiro atoms. The lowest BCUT2D eigenvalue weighted by atomic mass is 10.1. The van der Waals surface area contributed by atoms with Crippen LogP contribution in [0.15, 0.2) is 79.3 Å². The van der Waals surface area contributed by atoms with E-state index in [0.29, 0.717) is 17.3 Å².